The van der Waals surface area contributed by atoms with Crippen molar-refractivity contribution in [2.45, 2.75) is 30.7 Å². The predicted molar refractivity (Wildman–Crippen MR) is 85.1 cm³/mol. The topological polar surface area (TPSA) is 45.6 Å². The molecule has 0 N–H and O–H groups in total. The molecule has 1 saturated heterocycles. The van der Waals surface area contributed by atoms with Gasteiger partial charge in [-0.1, -0.05) is 0 Å². The van der Waals surface area contributed by atoms with Crippen LogP contribution in [0.15, 0.2) is 17.2 Å². The molecule has 21 heavy (non-hydrogen) atoms. The number of sulfonamides is 1. The monoisotopic (exact) mass is 333 g/mol. The van der Waals surface area contributed by atoms with Crippen LogP contribution in [0.4, 0.5) is 0 Å². The number of nitrogens with zero attached hydrogens (tertiary/aromatic N) is 3. The van der Waals surface area contributed by atoms with E-state index in [1.165, 1.54) is 4.31 Å². The van der Waals surface area contributed by atoms with Crippen LogP contribution in [0.2, 0.25) is 0 Å². The summed E-state index contributed by atoms with van der Waals surface area (Å²) < 4.78 is 28.7. The molecular formula is C14H24ClN3O2S. The van der Waals surface area contributed by atoms with Crippen LogP contribution in [0, 0.1) is 5.92 Å². The molecule has 0 spiro atoms. The average molecular weight is 334 g/mol. The van der Waals surface area contributed by atoms with Crippen molar-refractivity contribution in [1.29, 1.82) is 0 Å². The Morgan fingerprint density at radius 3 is 2.67 bits per heavy atom. The zero-order chi connectivity index (χ0) is 15.6. The van der Waals surface area contributed by atoms with E-state index < -0.39 is 10.0 Å². The van der Waals surface area contributed by atoms with Crippen molar-refractivity contribution in [2.75, 3.05) is 33.7 Å². The minimum Gasteiger partial charge on any atom is -0.349 e. The third-order valence-corrected chi connectivity index (χ3v) is 6.21. The van der Waals surface area contributed by atoms with Crippen LogP contribution in [0.5, 0.6) is 0 Å². The summed E-state index contributed by atoms with van der Waals surface area (Å²) in [5, 5.41) is 0. The largest absolute Gasteiger partial charge is 0.349 e. The van der Waals surface area contributed by atoms with Gasteiger partial charge in [-0.25, -0.2) is 12.7 Å². The SMILES string of the molecule is CCn1cc(S(=O)(=O)N(C)CC2CCN(C)C2)cc1CCl. The first-order valence-corrected chi connectivity index (χ1v) is 9.25. The maximum absolute atomic E-state index is 12.7. The van der Waals surface area contributed by atoms with Gasteiger partial charge in [0.25, 0.3) is 0 Å². The van der Waals surface area contributed by atoms with Crippen molar-refractivity contribution >= 4 is 21.6 Å². The van der Waals surface area contributed by atoms with Gasteiger partial charge in [0.2, 0.25) is 10.0 Å². The van der Waals surface area contributed by atoms with Crippen molar-refractivity contribution in [3.63, 3.8) is 0 Å². The first-order valence-electron chi connectivity index (χ1n) is 7.28. The summed E-state index contributed by atoms with van der Waals surface area (Å²) in [4.78, 5) is 2.58. The fourth-order valence-corrected chi connectivity index (χ4v) is 4.43. The highest BCUT2D eigenvalue weighted by Crippen LogP contribution is 2.22. The van der Waals surface area contributed by atoms with Gasteiger partial charge in [0.1, 0.15) is 4.90 Å². The Balaban J connectivity index is 2.14. The van der Waals surface area contributed by atoms with Crippen LogP contribution in [-0.2, 0) is 22.4 Å². The first kappa shape index (κ1) is 16.8. The lowest BCUT2D eigenvalue weighted by atomic mass is 10.1. The Bertz CT molecular complexity index is 564. The molecule has 1 aliphatic heterocycles. The summed E-state index contributed by atoms with van der Waals surface area (Å²) >= 11 is 5.87. The molecule has 1 atom stereocenters. The van der Waals surface area contributed by atoms with Gasteiger partial charge in [0.15, 0.2) is 0 Å². The van der Waals surface area contributed by atoms with Gasteiger partial charge in [-0.3, -0.25) is 0 Å². The lowest BCUT2D eigenvalue weighted by molar-refractivity contribution is 0.356. The fourth-order valence-electron chi connectivity index (χ4n) is 2.89. The molecule has 0 aliphatic carbocycles. The van der Waals surface area contributed by atoms with Crippen LogP contribution in [0.3, 0.4) is 0 Å². The lowest BCUT2D eigenvalue weighted by Gasteiger charge is -2.20. The van der Waals surface area contributed by atoms with Crippen molar-refractivity contribution in [1.82, 2.24) is 13.8 Å². The van der Waals surface area contributed by atoms with Gasteiger partial charge in [-0.15, -0.1) is 11.6 Å². The van der Waals surface area contributed by atoms with Crippen LogP contribution >= 0.6 is 11.6 Å². The molecule has 1 aromatic rings. The minimum atomic E-state index is -3.43. The van der Waals surface area contributed by atoms with Gasteiger partial charge < -0.3 is 9.47 Å². The minimum absolute atomic E-state index is 0.320. The molecule has 0 radical (unpaired) electrons. The third-order valence-electron chi connectivity index (χ3n) is 4.15. The summed E-state index contributed by atoms with van der Waals surface area (Å²) in [5.74, 6) is 0.732. The van der Waals surface area contributed by atoms with E-state index in [0.29, 0.717) is 29.8 Å². The molecular weight excluding hydrogens is 310 g/mol. The maximum atomic E-state index is 12.7. The van der Waals surface area contributed by atoms with Gasteiger partial charge in [0, 0.05) is 38.6 Å². The molecule has 2 rings (SSSR count). The zero-order valence-corrected chi connectivity index (χ0v) is 14.5. The maximum Gasteiger partial charge on any atom is 0.244 e. The van der Waals surface area contributed by atoms with Crippen molar-refractivity contribution < 1.29 is 8.42 Å². The molecule has 1 aliphatic rings. The van der Waals surface area contributed by atoms with Gasteiger partial charge >= 0.3 is 0 Å². The molecule has 1 fully saturated rings. The number of halogens is 1. The highest BCUT2D eigenvalue weighted by atomic mass is 35.5. The average Bonchev–Trinajstić information content (AvgIpc) is 3.04. The number of hydrogen-bond donors (Lipinski definition) is 0. The van der Waals surface area contributed by atoms with Gasteiger partial charge in [0.05, 0.1) is 5.88 Å². The second-order valence-corrected chi connectivity index (χ2v) is 8.10. The molecule has 0 aromatic carbocycles. The molecule has 120 valence electrons. The number of alkyl halides is 1. The van der Waals surface area contributed by atoms with E-state index in [2.05, 4.69) is 11.9 Å². The summed E-state index contributed by atoms with van der Waals surface area (Å²) in [7, 11) is 0.306. The molecule has 0 amide bonds. The smallest absolute Gasteiger partial charge is 0.244 e. The summed E-state index contributed by atoms with van der Waals surface area (Å²) in [5.41, 5.74) is 0.840. The van der Waals surface area contributed by atoms with Crippen LogP contribution in [0.25, 0.3) is 0 Å². The van der Waals surface area contributed by atoms with E-state index in [-0.39, 0.29) is 0 Å². The summed E-state index contributed by atoms with van der Waals surface area (Å²) in [6, 6.07) is 1.68. The standard InChI is InChI=1S/C14H24ClN3O2S/c1-4-18-11-14(7-13(18)8-15)21(19,20)17(3)10-12-5-6-16(2)9-12/h7,11-12H,4-6,8-10H2,1-3H3. The van der Waals surface area contributed by atoms with E-state index in [9.17, 15) is 8.42 Å². The molecule has 5 nitrogen and oxygen atoms in total. The first-order chi connectivity index (χ1) is 9.88. The van der Waals surface area contributed by atoms with E-state index in [1.54, 1.807) is 19.3 Å². The van der Waals surface area contributed by atoms with Crippen LogP contribution in [-0.4, -0.2) is 55.9 Å². The third kappa shape index (κ3) is 3.62. The summed E-state index contributed by atoms with van der Waals surface area (Å²) in [6.07, 6.45) is 2.74. The van der Waals surface area contributed by atoms with Crippen molar-refractivity contribution in [3.05, 3.63) is 18.0 Å². The quantitative estimate of drug-likeness (QED) is 0.746. The molecule has 7 heteroatoms. The van der Waals surface area contributed by atoms with Gasteiger partial charge in [-0.2, -0.15) is 0 Å². The fraction of sp³-hybridized carbons (Fsp3) is 0.714. The Hall–Kier alpha value is -0.560. The summed E-state index contributed by atoms with van der Waals surface area (Å²) in [6.45, 7) is 5.27. The number of likely N-dealkylation sites (tertiary alicyclic amines) is 1. The second-order valence-electron chi connectivity index (χ2n) is 5.79. The second kappa shape index (κ2) is 6.69. The molecule has 2 heterocycles. The van der Waals surface area contributed by atoms with E-state index in [4.69, 9.17) is 11.6 Å². The van der Waals surface area contributed by atoms with Gasteiger partial charge in [-0.05, 0) is 38.9 Å². The molecule has 1 unspecified atom stereocenters. The normalized spacial score (nSPS) is 20.5. The number of aryl methyl sites for hydroxylation is 1. The highest BCUT2D eigenvalue weighted by molar-refractivity contribution is 7.89. The Kier molecular flexibility index (Phi) is 5.35. The number of rotatable bonds is 6. The predicted octanol–water partition coefficient (Wildman–Crippen LogP) is 1.82. The number of aromatic nitrogens is 1. The Labute approximate surface area is 132 Å². The lowest BCUT2D eigenvalue weighted by Crippen LogP contribution is -2.32. The Morgan fingerprint density at radius 2 is 2.19 bits per heavy atom. The van der Waals surface area contributed by atoms with Crippen LogP contribution < -0.4 is 0 Å². The number of hydrogen-bond acceptors (Lipinski definition) is 3. The Morgan fingerprint density at radius 1 is 1.48 bits per heavy atom. The van der Waals surface area contributed by atoms with E-state index in [1.807, 2.05) is 11.5 Å². The molecule has 1 aromatic heterocycles. The molecule has 0 bridgehead atoms. The molecule has 0 saturated carbocycles. The van der Waals surface area contributed by atoms with Crippen molar-refractivity contribution in [3.8, 4) is 0 Å². The van der Waals surface area contributed by atoms with Crippen LogP contribution in [0.1, 0.15) is 19.0 Å². The zero-order valence-electron chi connectivity index (χ0n) is 12.9. The van der Waals surface area contributed by atoms with E-state index in [0.717, 1.165) is 25.2 Å². The van der Waals surface area contributed by atoms with Crippen molar-refractivity contribution in [2.24, 2.45) is 5.92 Å². The highest BCUT2D eigenvalue weighted by Gasteiger charge is 2.28. The van der Waals surface area contributed by atoms with E-state index >= 15 is 0 Å².